The van der Waals surface area contributed by atoms with Gasteiger partial charge in [-0.2, -0.15) is 0 Å². The minimum absolute atomic E-state index is 0.441. The van der Waals surface area contributed by atoms with Crippen molar-refractivity contribution in [2.45, 2.75) is 6.92 Å². The quantitative estimate of drug-likeness (QED) is 0.552. The van der Waals surface area contributed by atoms with Gasteiger partial charge in [0.05, 0.1) is 25.3 Å². The summed E-state index contributed by atoms with van der Waals surface area (Å²) >= 11 is 0.441. The Hall–Kier alpha value is -2.80. The molecule has 0 radical (unpaired) electrons. The number of nitrogens with one attached hydrogen (secondary N) is 1. The lowest BCUT2D eigenvalue weighted by atomic mass is 10.0. The van der Waals surface area contributed by atoms with E-state index in [1.807, 2.05) is 50.2 Å². The number of aryl methyl sites for hydroxylation is 1. The number of fused-ring (bicyclic) bond motifs is 1. The highest BCUT2D eigenvalue weighted by atomic mass is 32.1. The van der Waals surface area contributed by atoms with Crippen LogP contribution in [0.1, 0.15) is 17.0 Å². The van der Waals surface area contributed by atoms with Crippen LogP contribution in [0.3, 0.4) is 0 Å². The maximum absolute atomic E-state index is 12.0. The summed E-state index contributed by atoms with van der Waals surface area (Å²) in [5, 5.41) is 0. The van der Waals surface area contributed by atoms with E-state index in [1.165, 1.54) is 0 Å². The molecule has 6 nitrogen and oxygen atoms in total. The molecular formula is C19H21N3O3S. The molecule has 3 aromatic rings. The second-order valence-corrected chi connectivity index (χ2v) is 6.66. The summed E-state index contributed by atoms with van der Waals surface area (Å²) in [6.07, 6.45) is 0. The molecule has 0 aliphatic rings. The first-order valence-electron chi connectivity index (χ1n) is 8.06. The maximum Gasteiger partial charge on any atom is 0.163 e. The van der Waals surface area contributed by atoms with Crippen molar-refractivity contribution in [3.05, 3.63) is 47.3 Å². The molecule has 7 heteroatoms. The largest absolute Gasteiger partial charge is 0.493 e. The summed E-state index contributed by atoms with van der Waals surface area (Å²) in [4.78, 5) is 10.4. The minimum atomic E-state index is 0.441. The Balaban J connectivity index is 2.21. The predicted octanol–water partition coefficient (Wildman–Crippen LogP) is 2.74. The number of aromatic amines is 1. The number of methoxy groups -OCH3 is 2. The zero-order chi connectivity index (χ0) is 18.8. The molecule has 0 bridgehead atoms. The van der Waals surface area contributed by atoms with Crippen LogP contribution >= 0.6 is 0 Å². The Labute approximate surface area is 155 Å². The highest BCUT2D eigenvalue weighted by molar-refractivity contribution is 7.67. The molecule has 3 rings (SSSR count). The summed E-state index contributed by atoms with van der Waals surface area (Å²) < 4.78 is 22.7. The van der Waals surface area contributed by atoms with Crippen molar-refractivity contribution in [2.24, 2.45) is 0 Å². The fourth-order valence-electron chi connectivity index (χ4n) is 2.96. The Morgan fingerprint density at radius 2 is 1.85 bits per heavy atom. The van der Waals surface area contributed by atoms with Gasteiger partial charge in [-0.05, 0) is 18.6 Å². The average Bonchev–Trinajstić information content (AvgIpc) is 3.04. The molecular weight excluding hydrogens is 350 g/mol. The zero-order valence-corrected chi connectivity index (χ0v) is 16.2. The van der Waals surface area contributed by atoms with Crippen molar-refractivity contribution in [3.8, 4) is 11.5 Å². The Morgan fingerprint density at radius 3 is 2.46 bits per heavy atom. The standard InChI is InChI=1S/C19H21N3O3S/c1-11-7-6-8-14(22(2)3)17(11)18(26-23)19-20-12-9-15(24-4)16(25-5)10-13(12)21-19/h6-10H,1-5H3,(H,20,21). The number of rotatable bonds is 5. The van der Waals surface area contributed by atoms with Crippen LogP contribution < -0.4 is 14.4 Å². The van der Waals surface area contributed by atoms with Crippen molar-refractivity contribution < 1.29 is 13.7 Å². The second kappa shape index (κ2) is 7.21. The number of aromatic nitrogens is 2. The molecule has 1 heterocycles. The molecule has 136 valence electrons. The van der Waals surface area contributed by atoms with Crippen LogP contribution in [-0.2, 0) is 11.3 Å². The van der Waals surface area contributed by atoms with E-state index in [9.17, 15) is 4.21 Å². The van der Waals surface area contributed by atoms with Crippen LogP contribution in [0.2, 0.25) is 0 Å². The Morgan fingerprint density at radius 1 is 1.15 bits per heavy atom. The third kappa shape index (κ3) is 3.06. The maximum atomic E-state index is 12.0. The molecule has 2 aromatic carbocycles. The highest BCUT2D eigenvalue weighted by Gasteiger charge is 2.19. The fraction of sp³-hybridized carbons (Fsp3) is 0.263. The third-order valence-corrected chi connectivity index (χ3v) is 4.81. The van der Waals surface area contributed by atoms with Crippen molar-refractivity contribution in [2.75, 3.05) is 33.2 Å². The van der Waals surface area contributed by atoms with Gasteiger partial charge in [0, 0.05) is 37.5 Å². The number of benzene rings is 2. The van der Waals surface area contributed by atoms with Gasteiger partial charge < -0.3 is 19.4 Å². The van der Waals surface area contributed by atoms with Gasteiger partial charge in [0.2, 0.25) is 0 Å². The van der Waals surface area contributed by atoms with Crippen molar-refractivity contribution >= 4 is 32.8 Å². The number of ether oxygens (including phenoxy) is 2. The van der Waals surface area contributed by atoms with Gasteiger partial charge in [0.1, 0.15) is 16.1 Å². The molecule has 0 spiro atoms. The number of imidazole rings is 1. The number of hydrogen-bond acceptors (Lipinski definition) is 5. The molecule has 1 N–H and O–H groups in total. The summed E-state index contributed by atoms with van der Waals surface area (Å²) in [6, 6.07) is 9.59. The van der Waals surface area contributed by atoms with Crippen molar-refractivity contribution in [3.63, 3.8) is 0 Å². The van der Waals surface area contributed by atoms with Crippen molar-refractivity contribution in [1.82, 2.24) is 9.97 Å². The van der Waals surface area contributed by atoms with E-state index in [2.05, 4.69) is 9.97 Å². The summed E-state index contributed by atoms with van der Waals surface area (Å²) in [6.45, 7) is 1.99. The van der Waals surface area contributed by atoms with Crippen molar-refractivity contribution in [1.29, 1.82) is 0 Å². The van der Waals surface area contributed by atoms with Crippen LogP contribution in [0.4, 0.5) is 5.69 Å². The van der Waals surface area contributed by atoms with Gasteiger partial charge >= 0.3 is 0 Å². The first-order chi connectivity index (χ1) is 12.5. The monoisotopic (exact) mass is 371 g/mol. The van der Waals surface area contributed by atoms with Crippen LogP contribution in [0, 0.1) is 6.92 Å². The number of H-pyrrole nitrogens is 1. The van der Waals surface area contributed by atoms with Gasteiger partial charge in [-0.15, -0.1) is 0 Å². The Kier molecular flexibility index (Phi) is 4.99. The molecule has 0 unspecified atom stereocenters. The topological polar surface area (TPSA) is 67.5 Å². The normalized spacial score (nSPS) is 10.7. The average molecular weight is 371 g/mol. The molecule has 0 fully saturated rings. The minimum Gasteiger partial charge on any atom is -0.493 e. The van der Waals surface area contributed by atoms with Crippen LogP contribution in [0.15, 0.2) is 30.3 Å². The van der Waals surface area contributed by atoms with Crippen LogP contribution in [0.5, 0.6) is 11.5 Å². The van der Waals surface area contributed by atoms with E-state index in [0.29, 0.717) is 39.0 Å². The van der Waals surface area contributed by atoms with E-state index >= 15 is 0 Å². The van der Waals surface area contributed by atoms with Gasteiger partial charge in [-0.3, -0.25) is 0 Å². The summed E-state index contributed by atoms with van der Waals surface area (Å²) in [5.74, 6) is 1.74. The van der Waals surface area contributed by atoms with Gasteiger partial charge in [-0.1, -0.05) is 12.1 Å². The summed E-state index contributed by atoms with van der Waals surface area (Å²) in [7, 11) is 7.08. The smallest absolute Gasteiger partial charge is 0.163 e. The first-order valence-corrected chi connectivity index (χ1v) is 8.80. The second-order valence-electron chi connectivity index (χ2n) is 6.09. The SMILES string of the molecule is COc1cc2nc(C(=S=O)c3c(C)cccc3N(C)C)[nH]c2cc1OC. The number of anilines is 1. The highest BCUT2D eigenvalue weighted by Crippen LogP contribution is 2.32. The third-order valence-electron chi connectivity index (χ3n) is 4.25. The van der Waals surface area contributed by atoms with E-state index in [0.717, 1.165) is 22.3 Å². The number of nitrogens with zero attached hydrogens (tertiary/aromatic N) is 2. The molecule has 0 aliphatic heterocycles. The van der Waals surface area contributed by atoms with E-state index in [1.54, 1.807) is 20.3 Å². The molecule has 0 amide bonds. The lowest BCUT2D eigenvalue weighted by Gasteiger charge is -2.19. The van der Waals surface area contributed by atoms with Gasteiger partial charge in [0.15, 0.2) is 17.3 Å². The predicted molar refractivity (Wildman–Crippen MR) is 106 cm³/mol. The molecule has 1 aromatic heterocycles. The molecule has 0 atom stereocenters. The first kappa shape index (κ1) is 18.0. The lowest BCUT2D eigenvalue weighted by molar-refractivity contribution is 0.356. The van der Waals surface area contributed by atoms with E-state index in [4.69, 9.17) is 9.47 Å². The molecule has 0 saturated heterocycles. The Bertz CT molecular complexity index is 979. The summed E-state index contributed by atoms with van der Waals surface area (Å²) in [5.41, 5.74) is 4.37. The fourth-order valence-corrected chi connectivity index (χ4v) is 3.49. The van der Waals surface area contributed by atoms with Gasteiger partial charge in [-0.25, -0.2) is 9.19 Å². The van der Waals surface area contributed by atoms with Crippen LogP contribution in [0.25, 0.3) is 11.0 Å². The lowest BCUT2D eigenvalue weighted by Crippen LogP contribution is -2.17. The molecule has 26 heavy (non-hydrogen) atoms. The molecule has 0 aliphatic carbocycles. The van der Waals surface area contributed by atoms with Crippen LogP contribution in [-0.4, -0.2) is 47.4 Å². The molecule has 0 saturated carbocycles. The van der Waals surface area contributed by atoms with E-state index in [-0.39, 0.29) is 0 Å². The van der Waals surface area contributed by atoms with Gasteiger partial charge in [0.25, 0.3) is 0 Å². The zero-order valence-electron chi connectivity index (χ0n) is 15.4. The number of hydrogen-bond donors (Lipinski definition) is 1. The van der Waals surface area contributed by atoms with E-state index < -0.39 is 0 Å².